The Bertz CT molecular complexity index is 920. The van der Waals surface area contributed by atoms with Crippen molar-refractivity contribution >= 4 is 6.09 Å². The van der Waals surface area contributed by atoms with Gasteiger partial charge in [0.05, 0.1) is 5.69 Å². The van der Waals surface area contributed by atoms with E-state index in [1.165, 1.54) is 0 Å². The summed E-state index contributed by atoms with van der Waals surface area (Å²) in [6.45, 7) is 4.86. The zero-order valence-corrected chi connectivity index (χ0v) is 18.0. The van der Waals surface area contributed by atoms with Crippen LogP contribution in [0.4, 0.5) is 31.1 Å². The van der Waals surface area contributed by atoms with Gasteiger partial charge in [0.15, 0.2) is 0 Å². The van der Waals surface area contributed by atoms with Gasteiger partial charge in [-0.1, -0.05) is 30.3 Å². The standard InChI is InChI=1S/C21H24F6N4O2/c1-14(2)31-13-16(17(28-31)15-6-4-3-5-7-15)12-29-8-10-30(11-9-29)19(32)33-18(20(22,23)24)21(25,26)27/h3-7,13-14,18H,8-12H2,1-2H3. The minimum absolute atomic E-state index is 0.0553. The molecule has 2 heterocycles. The Morgan fingerprint density at radius 3 is 2.09 bits per heavy atom. The van der Waals surface area contributed by atoms with Gasteiger partial charge in [0.25, 0.3) is 6.10 Å². The number of halogens is 6. The average molecular weight is 478 g/mol. The molecule has 0 spiro atoms. The number of nitrogens with zero attached hydrogens (tertiary/aromatic N) is 4. The lowest BCUT2D eigenvalue weighted by Gasteiger charge is -2.35. The van der Waals surface area contributed by atoms with Crippen molar-refractivity contribution in [2.75, 3.05) is 26.2 Å². The van der Waals surface area contributed by atoms with Crippen LogP contribution < -0.4 is 0 Å². The first kappa shape index (κ1) is 24.9. The van der Waals surface area contributed by atoms with E-state index in [4.69, 9.17) is 0 Å². The molecule has 0 saturated carbocycles. The monoisotopic (exact) mass is 478 g/mol. The molecule has 1 aromatic carbocycles. The smallest absolute Gasteiger partial charge is 0.426 e. The number of piperazine rings is 1. The van der Waals surface area contributed by atoms with Crippen LogP contribution in [-0.2, 0) is 11.3 Å². The fourth-order valence-corrected chi connectivity index (χ4v) is 3.47. The quantitative estimate of drug-likeness (QED) is 0.575. The Hall–Kier alpha value is -2.76. The first-order valence-corrected chi connectivity index (χ1v) is 10.3. The van der Waals surface area contributed by atoms with E-state index in [9.17, 15) is 31.1 Å². The second kappa shape index (κ2) is 9.62. The molecule has 12 heteroatoms. The van der Waals surface area contributed by atoms with Crippen molar-refractivity contribution in [1.29, 1.82) is 0 Å². The number of amides is 1. The van der Waals surface area contributed by atoms with E-state index in [0.717, 1.165) is 21.7 Å². The number of hydrogen-bond donors (Lipinski definition) is 0. The van der Waals surface area contributed by atoms with Crippen LogP contribution >= 0.6 is 0 Å². The van der Waals surface area contributed by atoms with Gasteiger partial charge in [-0.15, -0.1) is 0 Å². The number of carbonyl (C=O) groups excluding carboxylic acids is 1. The van der Waals surface area contributed by atoms with Crippen LogP contribution in [0.25, 0.3) is 11.3 Å². The van der Waals surface area contributed by atoms with Crippen molar-refractivity contribution in [2.45, 2.75) is 44.9 Å². The minimum Gasteiger partial charge on any atom is -0.426 e. The topological polar surface area (TPSA) is 50.6 Å². The molecule has 33 heavy (non-hydrogen) atoms. The molecule has 1 amide bonds. The van der Waals surface area contributed by atoms with Crippen molar-refractivity contribution in [3.63, 3.8) is 0 Å². The van der Waals surface area contributed by atoms with Crippen LogP contribution in [0.15, 0.2) is 36.5 Å². The lowest BCUT2D eigenvalue weighted by atomic mass is 10.1. The molecule has 1 aliphatic rings. The Morgan fingerprint density at radius 1 is 1.00 bits per heavy atom. The molecule has 1 saturated heterocycles. The summed E-state index contributed by atoms with van der Waals surface area (Å²) in [5, 5.41) is 4.66. The number of alkyl halides is 6. The lowest BCUT2D eigenvalue weighted by molar-refractivity contribution is -0.308. The second-order valence-corrected chi connectivity index (χ2v) is 8.05. The van der Waals surface area contributed by atoms with Gasteiger partial charge in [-0.05, 0) is 13.8 Å². The maximum atomic E-state index is 12.7. The maximum Gasteiger partial charge on any atom is 0.434 e. The predicted molar refractivity (Wildman–Crippen MR) is 107 cm³/mol. The van der Waals surface area contributed by atoms with Gasteiger partial charge in [-0.3, -0.25) is 9.58 Å². The molecule has 0 atom stereocenters. The maximum absolute atomic E-state index is 12.7. The van der Waals surface area contributed by atoms with E-state index in [-0.39, 0.29) is 32.2 Å². The van der Waals surface area contributed by atoms with Crippen molar-refractivity contribution < 1.29 is 35.9 Å². The fourth-order valence-electron chi connectivity index (χ4n) is 3.47. The Morgan fingerprint density at radius 2 is 1.58 bits per heavy atom. The summed E-state index contributed by atoms with van der Waals surface area (Å²) < 4.78 is 81.5. The zero-order chi connectivity index (χ0) is 24.4. The first-order chi connectivity index (χ1) is 15.4. The van der Waals surface area contributed by atoms with E-state index in [1.54, 1.807) is 0 Å². The number of ether oxygens (including phenoxy) is 1. The number of hydrogen-bond acceptors (Lipinski definition) is 4. The van der Waals surface area contributed by atoms with Crippen LogP contribution in [0.1, 0.15) is 25.5 Å². The molecule has 2 aromatic rings. The van der Waals surface area contributed by atoms with Gasteiger partial charge in [-0.25, -0.2) is 4.79 Å². The molecule has 0 unspecified atom stereocenters. The summed E-state index contributed by atoms with van der Waals surface area (Å²) in [5.74, 6) is 0. The first-order valence-electron chi connectivity index (χ1n) is 10.3. The van der Waals surface area contributed by atoms with Gasteiger partial charge >= 0.3 is 18.4 Å². The van der Waals surface area contributed by atoms with Crippen molar-refractivity contribution in [2.24, 2.45) is 0 Å². The molecule has 0 radical (unpaired) electrons. The Kier molecular flexibility index (Phi) is 7.25. The summed E-state index contributed by atoms with van der Waals surface area (Å²) >= 11 is 0. The zero-order valence-electron chi connectivity index (χ0n) is 18.0. The predicted octanol–water partition coefficient (Wildman–Crippen LogP) is 4.88. The van der Waals surface area contributed by atoms with E-state index in [1.807, 2.05) is 60.0 Å². The van der Waals surface area contributed by atoms with Crippen molar-refractivity contribution in [3.8, 4) is 11.3 Å². The third-order valence-electron chi connectivity index (χ3n) is 5.22. The molecule has 3 rings (SSSR count). The summed E-state index contributed by atoms with van der Waals surface area (Å²) in [5.41, 5.74) is 2.66. The third-order valence-corrected chi connectivity index (χ3v) is 5.22. The highest BCUT2D eigenvalue weighted by atomic mass is 19.4. The average Bonchev–Trinajstić information content (AvgIpc) is 3.15. The highest BCUT2D eigenvalue weighted by molar-refractivity contribution is 5.68. The normalized spacial score (nSPS) is 16.0. The Labute approximate surface area is 186 Å². The molecule has 0 aliphatic carbocycles. The Balaban J connectivity index is 1.65. The van der Waals surface area contributed by atoms with E-state index < -0.39 is 24.5 Å². The van der Waals surface area contributed by atoms with Crippen LogP contribution in [0.2, 0.25) is 0 Å². The summed E-state index contributed by atoms with van der Waals surface area (Å²) in [7, 11) is 0. The molecule has 1 fully saturated rings. The van der Waals surface area contributed by atoms with Gasteiger partial charge in [0.1, 0.15) is 0 Å². The van der Waals surface area contributed by atoms with Crippen LogP contribution in [0, 0.1) is 0 Å². The number of rotatable bonds is 5. The third kappa shape index (κ3) is 6.18. The SMILES string of the molecule is CC(C)n1cc(CN2CCN(C(=O)OC(C(F)(F)F)C(F)(F)F)CC2)c(-c2ccccc2)n1. The largest absolute Gasteiger partial charge is 0.434 e. The van der Waals surface area contributed by atoms with Crippen LogP contribution in [0.3, 0.4) is 0 Å². The molecule has 6 nitrogen and oxygen atoms in total. The van der Waals surface area contributed by atoms with E-state index >= 15 is 0 Å². The van der Waals surface area contributed by atoms with Gasteiger partial charge in [0.2, 0.25) is 0 Å². The number of carbonyl (C=O) groups is 1. The summed E-state index contributed by atoms with van der Waals surface area (Å²) in [6.07, 6.45) is -15.3. The molecule has 182 valence electrons. The molecule has 0 N–H and O–H groups in total. The van der Waals surface area contributed by atoms with Gasteiger partial charge in [0, 0.05) is 56.1 Å². The number of benzene rings is 1. The van der Waals surface area contributed by atoms with E-state index in [2.05, 4.69) is 9.84 Å². The van der Waals surface area contributed by atoms with Gasteiger partial charge < -0.3 is 9.64 Å². The van der Waals surface area contributed by atoms with Crippen LogP contribution in [0.5, 0.6) is 0 Å². The summed E-state index contributed by atoms with van der Waals surface area (Å²) in [6, 6.07) is 9.68. The minimum atomic E-state index is -5.74. The second-order valence-electron chi connectivity index (χ2n) is 8.05. The number of aromatic nitrogens is 2. The molecule has 1 aliphatic heterocycles. The summed E-state index contributed by atoms with van der Waals surface area (Å²) in [4.78, 5) is 14.8. The van der Waals surface area contributed by atoms with Crippen molar-refractivity contribution in [1.82, 2.24) is 19.6 Å². The molecule has 1 aromatic heterocycles. The highest BCUT2D eigenvalue weighted by Crippen LogP contribution is 2.36. The van der Waals surface area contributed by atoms with E-state index in [0.29, 0.717) is 6.54 Å². The molecular formula is C21H24F6N4O2. The fraction of sp³-hybridized carbons (Fsp3) is 0.524. The molecular weight excluding hydrogens is 454 g/mol. The van der Waals surface area contributed by atoms with Crippen LogP contribution in [-0.4, -0.2) is 70.3 Å². The van der Waals surface area contributed by atoms with Gasteiger partial charge in [-0.2, -0.15) is 31.4 Å². The van der Waals surface area contributed by atoms with Crippen molar-refractivity contribution in [3.05, 3.63) is 42.1 Å². The highest BCUT2D eigenvalue weighted by Gasteiger charge is 2.60. The lowest BCUT2D eigenvalue weighted by Crippen LogP contribution is -2.52. The molecule has 0 bridgehead atoms.